The number of carbonyl (C=O) groups excluding carboxylic acids is 1. The molecule has 5 nitrogen and oxygen atoms in total. The van der Waals surface area contributed by atoms with Crippen molar-refractivity contribution >= 4 is 15.9 Å². The molecular formula is C4H6F3NO4S. The second kappa shape index (κ2) is 2.93. The van der Waals surface area contributed by atoms with Crippen LogP contribution in [0.4, 0.5) is 13.2 Å². The van der Waals surface area contributed by atoms with Crippen molar-refractivity contribution < 1.29 is 30.9 Å². The van der Waals surface area contributed by atoms with E-state index in [1.165, 1.54) is 0 Å². The predicted octanol–water partition coefficient (Wildman–Crippen LogP) is -0.319. The van der Waals surface area contributed by atoms with Crippen LogP contribution in [-0.2, 0) is 14.9 Å². The fourth-order valence-electron chi connectivity index (χ4n) is 0.399. The molecule has 0 aromatic carbocycles. The molecule has 0 saturated carbocycles. The summed E-state index contributed by atoms with van der Waals surface area (Å²) in [5.41, 5.74) is 4.52. The molecule has 0 amide bonds. The van der Waals surface area contributed by atoms with Crippen LogP contribution in [0.1, 0.15) is 6.92 Å². The smallest absolute Gasteiger partial charge is 0.304 e. The van der Waals surface area contributed by atoms with Crippen LogP contribution in [0.3, 0.4) is 0 Å². The number of halogens is 3. The molecule has 0 aliphatic carbocycles. The lowest BCUT2D eigenvalue weighted by Crippen LogP contribution is -2.56. The summed E-state index contributed by atoms with van der Waals surface area (Å²) in [7, 11) is -5.28. The molecule has 3 N–H and O–H groups in total. The van der Waals surface area contributed by atoms with Crippen molar-refractivity contribution in [2.45, 2.75) is 18.0 Å². The minimum Gasteiger partial charge on any atom is -0.304 e. The van der Waals surface area contributed by atoms with Gasteiger partial charge in [-0.3, -0.25) is 9.35 Å². The molecule has 0 fully saturated rings. The van der Waals surface area contributed by atoms with Crippen molar-refractivity contribution in [3.8, 4) is 0 Å². The van der Waals surface area contributed by atoms with E-state index < -0.39 is 26.9 Å². The quantitative estimate of drug-likeness (QED) is 0.623. The molecule has 0 aliphatic rings. The van der Waals surface area contributed by atoms with E-state index in [1.54, 1.807) is 0 Å². The van der Waals surface area contributed by atoms with Crippen LogP contribution in [0.15, 0.2) is 0 Å². The second-order valence-corrected chi connectivity index (χ2v) is 4.21. The monoisotopic (exact) mass is 221 g/mol. The number of carbonyl (C=O) groups is 1. The zero-order valence-corrected chi connectivity index (χ0v) is 7.11. The first-order valence-corrected chi connectivity index (χ1v) is 4.22. The van der Waals surface area contributed by atoms with Gasteiger partial charge in [0.15, 0.2) is 0 Å². The lowest BCUT2D eigenvalue weighted by atomic mass is 10.2. The number of alkyl halides is 3. The van der Waals surface area contributed by atoms with Gasteiger partial charge >= 0.3 is 6.18 Å². The van der Waals surface area contributed by atoms with Crippen LogP contribution >= 0.6 is 0 Å². The molecule has 0 bridgehead atoms. The molecule has 1 atom stereocenters. The number of nitrogens with two attached hydrogens (primary N) is 1. The third-order valence-electron chi connectivity index (χ3n) is 1.24. The molecule has 0 radical (unpaired) electrons. The maximum Gasteiger partial charge on any atom is 0.453 e. The van der Waals surface area contributed by atoms with E-state index in [0.717, 1.165) is 0 Å². The fourth-order valence-corrected chi connectivity index (χ4v) is 0.749. The van der Waals surface area contributed by atoms with Crippen LogP contribution in [0.25, 0.3) is 0 Å². The summed E-state index contributed by atoms with van der Waals surface area (Å²) in [5.74, 6) is -2.72. The summed E-state index contributed by atoms with van der Waals surface area (Å²) >= 11 is 0. The van der Waals surface area contributed by atoms with E-state index in [9.17, 15) is 26.4 Å². The summed E-state index contributed by atoms with van der Waals surface area (Å²) in [6.45, 7) is 0.262. The molecule has 0 heterocycles. The Morgan fingerprint density at radius 2 is 1.69 bits per heavy atom. The Labute approximate surface area is 71.5 Å². The van der Waals surface area contributed by atoms with Crippen molar-refractivity contribution in [3.63, 3.8) is 0 Å². The predicted molar refractivity (Wildman–Crippen MR) is 35.2 cm³/mol. The molecule has 0 aliphatic heterocycles. The van der Waals surface area contributed by atoms with E-state index in [0.29, 0.717) is 0 Å². The zero-order valence-electron chi connectivity index (χ0n) is 6.29. The number of ketones is 1. The van der Waals surface area contributed by atoms with Crippen LogP contribution in [0, 0.1) is 0 Å². The van der Waals surface area contributed by atoms with Gasteiger partial charge in [0.2, 0.25) is 4.87 Å². The molecule has 0 rings (SSSR count). The number of hydrogen-bond acceptors (Lipinski definition) is 4. The normalized spacial score (nSPS) is 18.0. The van der Waals surface area contributed by atoms with Gasteiger partial charge < -0.3 is 5.73 Å². The third kappa shape index (κ3) is 2.39. The van der Waals surface area contributed by atoms with Crippen LogP contribution in [0.2, 0.25) is 0 Å². The van der Waals surface area contributed by atoms with Crippen LogP contribution < -0.4 is 5.73 Å². The Kier molecular flexibility index (Phi) is 2.77. The highest BCUT2D eigenvalue weighted by molar-refractivity contribution is 7.88. The molecule has 0 saturated heterocycles. The number of Topliss-reactive ketones (excluding diaryl/α,β-unsaturated/α-hetero) is 1. The first-order valence-electron chi connectivity index (χ1n) is 2.78. The Morgan fingerprint density at radius 3 is 1.77 bits per heavy atom. The van der Waals surface area contributed by atoms with E-state index in [1.807, 2.05) is 0 Å². The highest BCUT2D eigenvalue weighted by atomic mass is 32.2. The van der Waals surface area contributed by atoms with E-state index >= 15 is 0 Å². The molecule has 13 heavy (non-hydrogen) atoms. The van der Waals surface area contributed by atoms with Crippen molar-refractivity contribution in [3.05, 3.63) is 0 Å². The van der Waals surface area contributed by atoms with Crippen molar-refractivity contribution in [2.75, 3.05) is 0 Å². The third-order valence-corrected chi connectivity index (χ3v) is 2.50. The largest absolute Gasteiger partial charge is 0.453 e. The summed E-state index contributed by atoms with van der Waals surface area (Å²) < 4.78 is 63.7. The molecular weight excluding hydrogens is 215 g/mol. The van der Waals surface area contributed by atoms with Crippen molar-refractivity contribution in [1.82, 2.24) is 0 Å². The summed E-state index contributed by atoms with van der Waals surface area (Å²) in [4.78, 5) is 6.99. The lowest BCUT2D eigenvalue weighted by Gasteiger charge is -2.20. The van der Waals surface area contributed by atoms with Crippen molar-refractivity contribution in [1.29, 1.82) is 0 Å². The maximum absolute atomic E-state index is 11.7. The molecule has 0 aromatic heterocycles. The van der Waals surface area contributed by atoms with Crippen LogP contribution in [0.5, 0.6) is 0 Å². The highest BCUT2D eigenvalue weighted by Crippen LogP contribution is 2.24. The van der Waals surface area contributed by atoms with Gasteiger partial charge in [0.25, 0.3) is 15.9 Å². The lowest BCUT2D eigenvalue weighted by molar-refractivity contribution is -0.173. The minimum atomic E-state index is -5.40. The van der Waals surface area contributed by atoms with Crippen LogP contribution in [-0.4, -0.2) is 29.8 Å². The standard InChI is InChI=1S/C4H6F3NO4S/c1-3(8,13(10,11)12)2(9)4(5,6)7/h8H2,1H3,(H,10,11,12). The van der Waals surface area contributed by atoms with Gasteiger partial charge in [0.1, 0.15) is 0 Å². The van der Waals surface area contributed by atoms with Gasteiger partial charge in [-0.25, -0.2) is 0 Å². The first kappa shape index (κ1) is 12.3. The topological polar surface area (TPSA) is 97.5 Å². The van der Waals surface area contributed by atoms with Gasteiger partial charge in [-0.2, -0.15) is 21.6 Å². The van der Waals surface area contributed by atoms with Crippen molar-refractivity contribution in [2.24, 2.45) is 5.73 Å². The summed E-state index contributed by atoms with van der Waals surface area (Å²) in [5, 5.41) is 0. The zero-order chi connectivity index (χ0) is 11.1. The van der Waals surface area contributed by atoms with Gasteiger partial charge in [-0.1, -0.05) is 0 Å². The Bertz CT molecular complexity index is 317. The second-order valence-electron chi connectivity index (χ2n) is 2.41. The minimum absolute atomic E-state index is 0.262. The average Bonchev–Trinajstić information content (AvgIpc) is 1.81. The molecule has 9 heteroatoms. The number of rotatable bonds is 2. The summed E-state index contributed by atoms with van der Waals surface area (Å²) in [6, 6.07) is 0. The van der Waals surface area contributed by atoms with Gasteiger partial charge in [-0.05, 0) is 6.92 Å². The first-order chi connectivity index (χ1) is 5.40. The van der Waals surface area contributed by atoms with E-state index in [2.05, 4.69) is 5.73 Å². The average molecular weight is 221 g/mol. The molecule has 1 unspecified atom stereocenters. The van der Waals surface area contributed by atoms with E-state index in [4.69, 9.17) is 4.55 Å². The maximum atomic E-state index is 11.7. The Hall–Kier alpha value is -0.670. The molecule has 0 spiro atoms. The van der Waals surface area contributed by atoms with E-state index in [-0.39, 0.29) is 6.92 Å². The summed E-state index contributed by atoms with van der Waals surface area (Å²) in [6.07, 6.45) is -5.40. The SMILES string of the molecule is CC(N)(C(=O)C(F)(F)F)S(=O)(=O)O. The fraction of sp³-hybridized carbons (Fsp3) is 0.750. The molecule has 0 aromatic rings. The Balaban J connectivity index is 5.23. The Morgan fingerprint density at radius 1 is 1.38 bits per heavy atom. The molecule has 78 valence electrons. The number of hydrogen-bond donors (Lipinski definition) is 2. The van der Waals surface area contributed by atoms with Gasteiger partial charge in [0, 0.05) is 0 Å². The van der Waals surface area contributed by atoms with Gasteiger partial charge in [-0.15, -0.1) is 0 Å². The van der Waals surface area contributed by atoms with Gasteiger partial charge in [0.05, 0.1) is 0 Å². The highest BCUT2D eigenvalue weighted by Gasteiger charge is 2.55.